The van der Waals surface area contributed by atoms with Crippen LogP contribution in [0.25, 0.3) is 0 Å². The summed E-state index contributed by atoms with van der Waals surface area (Å²) in [4.78, 5) is 6.26. The van der Waals surface area contributed by atoms with E-state index >= 15 is 0 Å². The molecule has 1 fully saturated rings. The zero-order valence-electron chi connectivity index (χ0n) is 10.7. The van der Waals surface area contributed by atoms with Gasteiger partial charge in [-0.25, -0.2) is 18.1 Å². The van der Waals surface area contributed by atoms with E-state index in [1.165, 1.54) is 6.26 Å². The van der Waals surface area contributed by atoms with E-state index in [1.807, 2.05) is 4.90 Å². The van der Waals surface area contributed by atoms with Crippen LogP contribution in [0.1, 0.15) is 18.4 Å². The number of aromatic nitrogens is 1. The van der Waals surface area contributed by atoms with Crippen molar-refractivity contribution in [1.29, 1.82) is 5.26 Å². The Morgan fingerprint density at radius 2 is 2.16 bits per heavy atom. The lowest BCUT2D eigenvalue weighted by atomic mass is 10.1. The molecule has 1 aliphatic rings. The summed E-state index contributed by atoms with van der Waals surface area (Å²) >= 11 is 0. The van der Waals surface area contributed by atoms with Crippen molar-refractivity contribution in [3.63, 3.8) is 0 Å². The van der Waals surface area contributed by atoms with Gasteiger partial charge in [0, 0.05) is 25.3 Å². The topological polar surface area (TPSA) is 86.1 Å². The minimum Gasteiger partial charge on any atom is -0.355 e. The van der Waals surface area contributed by atoms with Crippen LogP contribution in [-0.4, -0.2) is 38.8 Å². The quantitative estimate of drug-likeness (QED) is 0.870. The van der Waals surface area contributed by atoms with Crippen LogP contribution < -0.4 is 9.62 Å². The summed E-state index contributed by atoms with van der Waals surface area (Å²) in [5.74, 6) is 0.683. The van der Waals surface area contributed by atoms with E-state index in [1.54, 1.807) is 18.3 Å². The Morgan fingerprint density at radius 3 is 2.74 bits per heavy atom. The molecular weight excluding hydrogens is 264 g/mol. The van der Waals surface area contributed by atoms with Crippen LogP contribution in [0.2, 0.25) is 0 Å². The summed E-state index contributed by atoms with van der Waals surface area (Å²) in [5.41, 5.74) is 0.553. The highest BCUT2D eigenvalue weighted by Gasteiger charge is 2.23. The van der Waals surface area contributed by atoms with Crippen molar-refractivity contribution in [3.8, 4) is 6.07 Å². The molecule has 0 atom stereocenters. The molecule has 6 nitrogen and oxygen atoms in total. The number of nitriles is 1. The molecule has 0 saturated carbocycles. The Bertz CT molecular complexity index is 586. The number of hydrogen-bond donors (Lipinski definition) is 1. The molecule has 0 spiro atoms. The van der Waals surface area contributed by atoms with Crippen molar-refractivity contribution >= 4 is 15.8 Å². The maximum atomic E-state index is 11.2. The number of hydrogen-bond acceptors (Lipinski definition) is 5. The molecule has 1 aromatic rings. The van der Waals surface area contributed by atoms with E-state index in [0.717, 1.165) is 0 Å². The fraction of sp³-hybridized carbons (Fsp3) is 0.500. The molecule has 2 heterocycles. The van der Waals surface area contributed by atoms with Gasteiger partial charge in [-0.2, -0.15) is 5.26 Å². The third kappa shape index (κ3) is 3.66. The molecule has 0 amide bonds. The average molecular weight is 280 g/mol. The summed E-state index contributed by atoms with van der Waals surface area (Å²) in [6.45, 7) is 1.39. The van der Waals surface area contributed by atoms with Crippen LogP contribution >= 0.6 is 0 Å². The maximum Gasteiger partial charge on any atom is 0.208 e. The molecule has 1 aromatic heterocycles. The van der Waals surface area contributed by atoms with Gasteiger partial charge in [0.25, 0.3) is 0 Å². The molecule has 1 aliphatic heterocycles. The molecule has 1 N–H and O–H groups in total. The molecule has 0 aliphatic carbocycles. The summed E-state index contributed by atoms with van der Waals surface area (Å²) in [7, 11) is -3.16. The fourth-order valence-corrected chi connectivity index (χ4v) is 3.09. The Morgan fingerprint density at radius 1 is 1.47 bits per heavy atom. The minimum absolute atomic E-state index is 0.0273. The highest BCUT2D eigenvalue weighted by Crippen LogP contribution is 2.21. The third-order valence-electron chi connectivity index (χ3n) is 3.08. The van der Waals surface area contributed by atoms with Crippen LogP contribution in [-0.2, 0) is 10.0 Å². The number of piperidine rings is 1. The first kappa shape index (κ1) is 13.8. The molecule has 102 valence electrons. The van der Waals surface area contributed by atoms with Crippen molar-refractivity contribution < 1.29 is 8.42 Å². The first-order valence-corrected chi connectivity index (χ1v) is 7.96. The standard InChI is InChI=1S/C12H16N4O2S/c1-19(17,18)15-11-4-7-16(8-5-11)12-10(9-13)3-2-6-14-12/h2-3,6,11,15H,4-5,7-8H2,1H3. The second kappa shape index (κ2) is 5.55. The van der Waals surface area contributed by atoms with Crippen molar-refractivity contribution in [1.82, 2.24) is 9.71 Å². The molecule has 19 heavy (non-hydrogen) atoms. The fourth-order valence-electron chi connectivity index (χ4n) is 2.25. The minimum atomic E-state index is -3.16. The van der Waals surface area contributed by atoms with Gasteiger partial charge >= 0.3 is 0 Å². The SMILES string of the molecule is CS(=O)(=O)NC1CCN(c2ncccc2C#N)CC1. The van der Waals surface area contributed by atoms with Crippen molar-refractivity contribution in [2.75, 3.05) is 24.2 Å². The number of rotatable bonds is 3. The lowest BCUT2D eigenvalue weighted by molar-refractivity contribution is 0.460. The Labute approximate surface area is 113 Å². The molecule has 7 heteroatoms. The van der Waals surface area contributed by atoms with E-state index in [4.69, 9.17) is 5.26 Å². The van der Waals surface area contributed by atoms with Gasteiger partial charge in [-0.1, -0.05) is 0 Å². The van der Waals surface area contributed by atoms with E-state index in [9.17, 15) is 8.42 Å². The van der Waals surface area contributed by atoms with E-state index in [0.29, 0.717) is 37.3 Å². The number of nitrogens with zero attached hydrogens (tertiary/aromatic N) is 3. The van der Waals surface area contributed by atoms with E-state index in [2.05, 4.69) is 15.8 Å². The first-order chi connectivity index (χ1) is 8.99. The first-order valence-electron chi connectivity index (χ1n) is 6.07. The zero-order chi connectivity index (χ0) is 13.9. The monoisotopic (exact) mass is 280 g/mol. The lowest BCUT2D eigenvalue weighted by Gasteiger charge is -2.33. The molecule has 2 rings (SSSR count). The van der Waals surface area contributed by atoms with Gasteiger partial charge in [0.1, 0.15) is 11.9 Å². The van der Waals surface area contributed by atoms with Gasteiger partial charge in [0.2, 0.25) is 10.0 Å². The van der Waals surface area contributed by atoms with Gasteiger partial charge in [-0.3, -0.25) is 0 Å². The van der Waals surface area contributed by atoms with Gasteiger partial charge in [-0.15, -0.1) is 0 Å². The van der Waals surface area contributed by atoms with Crippen molar-refractivity contribution in [3.05, 3.63) is 23.9 Å². The largest absolute Gasteiger partial charge is 0.355 e. The summed E-state index contributed by atoms with van der Waals surface area (Å²) in [6.07, 6.45) is 4.27. The Hall–Kier alpha value is -1.65. The number of sulfonamides is 1. The van der Waals surface area contributed by atoms with Crippen molar-refractivity contribution in [2.45, 2.75) is 18.9 Å². The second-order valence-electron chi connectivity index (χ2n) is 4.64. The Kier molecular flexibility index (Phi) is 4.02. The maximum absolute atomic E-state index is 11.2. The second-order valence-corrected chi connectivity index (χ2v) is 6.42. The molecule has 0 aromatic carbocycles. The van der Waals surface area contributed by atoms with Gasteiger partial charge < -0.3 is 4.90 Å². The Balaban J connectivity index is 2.02. The van der Waals surface area contributed by atoms with E-state index < -0.39 is 10.0 Å². The highest BCUT2D eigenvalue weighted by molar-refractivity contribution is 7.88. The summed E-state index contributed by atoms with van der Waals surface area (Å²) < 4.78 is 25.0. The number of nitrogens with one attached hydrogen (secondary N) is 1. The van der Waals surface area contributed by atoms with Gasteiger partial charge in [0.15, 0.2) is 0 Å². The van der Waals surface area contributed by atoms with Crippen LogP contribution in [0.4, 0.5) is 5.82 Å². The third-order valence-corrected chi connectivity index (χ3v) is 3.84. The van der Waals surface area contributed by atoms with Gasteiger partial charge in [0.05, 0.1) is 11.8 Å². The van der Waals surface area contributed by atoms with Gasteiger partial charge in [-0.05, 0) is 25.0 Å². The number of pyridine rings is 1. The number of anilines is 1. The average Bonchev–Trinajstić information content (AvgIpc) is 2.38. The van der Waals surface area contributed by atoms with Crippen LogP contribution in [0.15, 0.2) is 18.3 Å². The van der Waals surface area contributed by atoms with Crippen LogP contribution in [0.3, 0.4) is 0 Å². The van der Waals surface area contributed by atoms with Crippen LogP contribution in [0.5, 0.6) is 0 Å². The molecule has 0 unspecified atom stereocenters. The highest BCUT2D eigenvalue weighted by atomic mass is 32.2. The summed E-state index contributed by atoms with van der Waals surface area (Å²) in [5, 5.41) is 9.05. The lowest BCUT2D eigenvalue weighted by Crippen LogP contribution is -2.44. The molecule has 0 radical (unpaired) electrons. The predicted molar refractivity (Wildman–Crippen MR) is 72.2 cm³/mol. The normalized spacial score (nSPS) is 17.2. The van der Waals surface area contributed by atoms with E-state index in [-0.39, 0.29) is 6.04 Å². The molecular formula is C12H16N4O2S. The molecule has 0 bridgehead atoms. The predicted octanol–water partition coefficient (Wildman–Crippen LogP) is 0.471. The molecule has 1 saturated heterocycles. The zero-order valence-corrected chi connectivity index (χ0v) is 11.5. The summed E-state index contributed by atoms with van der Waals surface area (Å²) in [6, 6.07) is 5.57. The van der Waals surface area contributed by atoms with Crippen molar-refractivity contribution in [2.24, 2.45) is 0 Å². The van der Waals surface area contributed by atoms with Crippen LogP contribution in [0, 0.1) is 11.3 Å². The smallest absolute Gasteiger partial charge is 0.208 e.